The van der Waals surface area contributed by atoms with Gasteiger partial charge >= 0.3 is 0 Å². The average molecular weight is 1230 g/mol. The maximum Gasteiger partial charge on any atom is 0.295 e. The lowest BCUT2D eigenvalue weighted by Crippen LogP contribution is -2.11. The van der Waals surface area contributed by atoms with Gasteiger partial charge in [0.15, 0.2) is 16.6 Å². The Hall–Kier alpha value is -8.43. The Labute approximate surface area is 468 Å². The fourth-order valence-corrected chi connectivity index (χ4v) is 11.7. The summed E-state index contributed by atoms with van der Waals surface area (Å²) in [5.41, 5.74) is 7.63. The van der Waals surface area contributed by atoms with Gasteiger partial charge in [-0.1, -0.05) is 59.3 Å². The minimum Gasteiger partial charge on any atom is -0.339 e. The molecule has 0 saturated heterocycles. The van der Waals surface area contributed by atoms with Crippen LogP contribution in [0.4, 0.5) is 55.9 Å². The van der Waals surface area contributed by atoms with Gasteiger partial charge in [-0.15, -0.1) is 20.5 Å². The summed E-state index contributed by atoms with van der Waals surface area (Å²) in [7, 11) is -24.7. The highest BCUT2D eigenvalue weighted by Crippen LogP contribution is 2.44. The Morgan fingerprint density at radius 3 is 1.65 bits per heavy atom. The predicted molar refractivity (Wildman–Crippen MR) is 298 cm³/mol. The van der Waals surface area contributed by atoms with Gasteiger partial charge in [0.2, 0.25) is 5.13 Å². The van der Waals surface area contributed by atoms with E-state index in [1.54, 1.807) is 67.6 Å². The Morgan fingerprint density at radius 2 is 1.09 bits per heavy atom. The molecule has 0 atom stereocenters. The lowest BCUT2D eigenvalue weighted by molar-refractivity contribution is 0.478. The highest BCUT2D eigenvalue weighted by molar-refractivity contribution is 7.87. The minimum absolute atomic E-state index is 0.00959. The van der Waals surface area contributed by atoms with Crippen LogP contribution < -0.4 is 21.5 Å². The Morgan fingerprint density at radius 1 is 0.531 bits per heavy atom. The first-order valence-electron chi connectivity index (χ1n) is 22.4. The van der Waals surface area contributed by atoms with Gasteiger partial charge < -0.3 is 21.5 Å². The second-order valence-corrected chi connectivity index (χ2v) is 25.4. The first-order chi connectivity index (χ1) is 38.0. The van der Waals surface area contributed by atoms with Crippen LogP contribution in [0.3, 0.4) is 0 Å². The Bertz CT molecular complexity index is 4760. The molecule has 9 rings (SSSR count). The van der Waals surface area contributed by atoms with Crippen LogP contribution in [0, 0.1) is 18.3 Å². The lowest BCUT2D eigenvalue weighted by atomic mass is 10.1. The van der Waals surface area contributed by atoms with Crippen molar-refractivity contribution in [1.29, 1.82) is 5.26 Å². The van der Waals surface area contributed by atoms with Crippen molar-refractivity contribution in [1.82, 2.24) is 9.97 Å². The number of anilines is 6. The third-order valence-electron chi connectivity index (χ3n) is 11.6. The SMILES string of the molecule is Cc1c(C#N)c(Nc2ccc(S(=O)(=O)O)cc2)nc(Nc2ccc(S(=O)(=O)O)cc2)c1/N=N/c1nc(-c2ccc(Cl)cc2)c(/N=N/c2ccc(NNc3cc(S(=O)(=O)O)c4cc(S(=O)(=O)O)cc(S(=O)(=O)O)c4c3)c3ccccc23)s1. The van der Waals surface area contributed by atoms with Gasteiger partial charge in [0.25, 0.3) is 50.6 Å². The van der Waals surface area contributed by atoms with E-state index in [4.69, 9.17) is 16.6 Å². The predicted octanol–water partition coefficient (Wildman–Crippen LogP) is 11.3. The third kappa shape index (κ3) is 12.8. The van der Waals surface area contributed by atoms with Crippen LogP contribution in [-0.2, 0) is 50.6 Å². The number of nitrogens with one attached hydrogen (secondary N) is 4. The summed E-state index contributed by atoms with van der Waals surface area (Å²) in [5.74, 6) is -0.0537. The molecule has 33 heteroatoms. The lowest BCUT2D eigenvalue weighted by Gasteiger charge is -2.16. The first kappa shape index (κ1) is 57.3. The minimum atomic E-state index is -5.27. The van der Waals surface area contributed by atoms with Crippen LogP contribution >= 0.6 is 22.9 Å². The number of aromatic nitrogens is 2. The van der Waals surface area contributed by atoms with Crippen LogP contribution in [0.5, 0.6) is 0 Å². The fraction of sp³-hybridized carbons (Fsp3) is 0.0208. The zero-order valence-corrected chi connectivity index (χ0v) is 46.1. The molecule has 0 amide bonds. The van der Waals surface area contributed by atoms with Crippen LogP contribution in [0.2, 0.25) is 5.02 Å². The molecule has 0 unspecified atom stereocenters. The summed E-state index contributed by atoms with van der Waals surface area (Å²) < 4.78 is 170. The monoisotopic (exact) mass is 1230 g/mol. The maximum atomic E-state index is 12.6. The quantitative estimate of drug-likeness (QED) is 0.0232. The highest BCUT2D eigenvalue weighted by atomic mass is 35.5. The van der Waals surface area contributed by atoms with Crippen molar-refractivity contribution in [3.8, 4) is 17.3 Å². The standard InChI is InChI=1S/C48H34ClN11O15S6/c1-25-38(24-50)45(51-28-10-14-31(15-11-28)77(61,62)63)54-46(52-29-12-16-32(17-13-29)78(64,65)66)43(25)58-60-48-53-44(26-6-8-27(49)9-7-26)47(76-48)59-57-40-19-18-39(34-4-2-3-5-35(34)40)56-55-30-20-36-37(41(21-30)80(70,71)72)22-33(79(67,68)69)23-42(36)81(73,74)75/h2-23,55-56H,1H3,(H2,51,52,54)(H,61,62,63)(H,64,65,66)(H,67,68,69)(H,70,71,72)(H,73,74,75)/b59-57+,60-58+. The van der Waals surface area contributed by atoms with Gasteiger partial charge in [-0.05, 0) is 104 Å². The third-order valence-corrected chi connectivity index (χ3v) is 17.1. The summed E-state index contributed by atoms with van der Waals surface area (Å²) >= 11 is 7.19. The molecule has 0 radical (unpaired) electrons. The Kier molecular flexibility index (Phi) is 15.5. The van der Waals surface area contributed by atoms with Crippen LogP contribution in [0.1, 0.15) is 11.1 Å². The van der Waals surface area contributed by atoms with E-state index in [2.05, 4.69) is 53.0 Å². The zero-order chi connectivity index (χ0) is 58.4. The van der Waals surface area contributed by atoms with E-state index in [0.29, 0.717) is 44.9 Å². The van der Waals surface area contributed by atoms with Gasteiger partial charge in [-0.2, -0.15) is 47.4 Å². The molecule has 0 fully saturated rings. The van der Waals surface area contributed by atoms with E-state index in [1.807, 2.05) is 0 Å². The van der Waals surface area contributed by atoms with Crippen molar-refractivity contribution >= 4 is 151 Å². The number of fused-ring (bicyclic) bond motifs is 2. The molecule has 0 aliphatic carbocycles. The van der Waals surface area contributed by atoms with Crippen LogP contribution in [-0.4, -0.2) is 74.8 Å². The molecule has 2 aromatic heterocycles. The number of nitrogens with zero attached hydrogens (tertiary/aromatic N) is 7. The van der Waals surface area contributed by atoms with Crippen molar-refractivity contribution in [2.24, 2.45) is 20.5 Å². The molecule has 414 valence electrons. The molecule has 81 heavy (non-hydrogen) atoms. The molecule has 0 spiro atoms. The second kappa shape index (κ2) is 21.9. The molecular weight excluding hydrogens is 1200 g/mol. The summed E-state index contributed by atoms with van der Waals surface area (Å²) in [6.45, 7) is 1.55. The van der Waals surface area contributed by atoms with Gasteiger partial charge in [0.1, 0.15) is 27.2 Å². The number of pyridine rings is 1. The van der Waals surface area contributed by atoms with Crippen molar-refractivity contribution < 1.29 is 64.9 Å². The van der Waals surface area contributed by atoms with E-state index < -0.39 is 80.9 Å². The molecule has 0 aliphatic rings. The number of hydrogen-bond acceptors (Lipinski definition) is 22. The first-order valence-corrected chi connectivity index (χ1v) is 30.8. The molecule has 7 aromatic carbocycles. The fourth-order valence-electron chi connectivity index (χ4n) is 7.86. The summed E-state index contributed by atoms with van der Waals surface area (Å²) in [4.78, 5) is 5.36. The summed E-state index contributed by atoms with van der Waals surface area (Å²) in [6.07, 6.45) is 0. The van der Waals surface area contributed by atoms with E-state index in [0.717, 1.165) is 47.7 Å². The molecular formula is C48H34ClN11O15S6. The summed E-state index contributed by atoms with van der Waals surface area (Å²) in [6, 6.07) is 31.4. The summed E-state index contributed by atoms with van der Waals surface area (Å²) in [5, 5.41) is 34.9. The normalized spacial score (nSPS) is 12.5. The van der Waals surface area contributed by atoms with E-state index in [9.17, 15) is 70.1 Å². The van der Waals surface area contributed by atoms with E-state index >= 15 is 0 Å². The number of thiazole rings is 1. The number of nitriles is 1. The van der Waals surface area contributed by atoms with E-state index in [-0.39, 0.29) is 66.2 Å². The smallest absolute Gasteiger partial charge is 0.295 e. The molecule has 2 heterocycles. The van der Waals surface area contributed by atoms with Crippen molar-refractivity contribution in [3.05, 3.63) is 150 Å². The molecule has 26 nitrogen and oxygen atoms in total. The van der Waals surface area contributed by atoms with Gasteiger partial charge in [-0.25, -0.2) is 9.97 Å². The second-order valence-electron chi connectivity index (χ2n) is 16.9. The highest BCUT2D eigenvalue weighted by Gasteiger charge is 2.27. The van der Waals surface area contributed by atoms with Crippen molar-refractivity contribution in [3.63, 3.8) is 0 Å². The molecule has 0 saturated carbocycles. The largest absolute Gasteiger partial charge is 0.339 e. The number of halogens is 1. The number of azo groups is 2. The number of rotatable bonds is 17. The van der Waals surface area contributed by atoms with Crippen LogP contribution in [0.25, 0.3) is 32.8 Å². The van der Waals surface area contributed by atoms with Crippen LogP contribution in [0.15, 0.2) is 178 Å². The molecule has 9 N–H and O–H groups in total. The molecule has 0 bridgehead atoms. The molecule has 0 aliphatic heterocycles. The van der Waals surface area contributed by atoms with E-state index in [1.165, 1.54) is 24.3 Å². The number of benzene rings is 7. The topological polar surface area (TPSA) is 419 Å². The number of hydrogen-bond donors (Lipinski definition) is 9. The van der Waals surface area contributed by atoms with Crippen molar-refractivity contribution in [2.45, 2.75) is 31.4 Å². The van der Waals surface area contributed by atoms with Gasteiger partial charge in [0.05, 0.1) is 37.3 Å². The number of hydrazine groups is 1. The van der Waals surface area contributed by atoms with Crippen molar-refractivity contribution in [2.75, 3.05) is 21.5 Å². The zero-order valence-electron chi connectivity index (χ0n) is 40.5. The molecule has 9 aromatic rings. The van der Waals surface area contributed by atoms with Gasteiger partial charge in [0, 0.05) is 49.1 Å². The van der Waals surface area contributed by atoms with Gasteiger partial charge in [-0.3, -0.25) is 22.8 Å². The Balaban J connectivity index is 1.07. The average Bonchev–Trinajstić information content (AvgIpc) is 3.84. The maximum absolute atomic E-state index is 12.6.